The van der Waals surface area contributed by atoms with E-state index in [4.69, 9.17) is 0 Å². The number of hydrogen-bond donors (Lipinski definition) is 0. The minimum absolute atomic E-state index is 0.0938. The van der Waals surface area contributed by atoms with Gasteiger partial charge in [-0.3, -0.25) is 9.00 Å². The topological polar surface area (TPSA) is 81.0 Å². The van der Waals surface area contributed by atoms with Crippen LogP contribution in [0.4, 0.5) is 5.69 Å². The van der Waals surface area contributed by atoms with Crippen LogP contribution < -0.4 is 4.90 Å². The Morgan fingerprint density at radius 1 is 1.38 bits per heavy atom. The van der Waals surface area contributed by atoms with Gasteiger partial charge >= 0.3 is 0 Å². The molecule has 2 heterocycles. The molecule has 0 bridgehead atoms. The number of carbonyl (C=O) groups is 1. The smallest absolute Gasteiger partial charge is 0.242 e. The van der Waals surface area contributed by atoms with Gasteiger partial charge in [0.1, 0.15) is 5.25 Å². The van der Waals surface area contributed by atoms with Crippen LogP contribution in [0, 0.1) is 0 Å². The molecule has 0 spiro atoms. The molecule has 0 saturated heterocycles. The van der Waals surface area contributed by atoms with Crippen molar-refractivity contribution in [3.8, 4) is 0 Å². The molecule has 1 aliphatic carbocycles. The molecular formula is C16H19N5O2S. The van der Waals surface area contributed by atoms with Gasteiger partial charge in [0.15, 0.2) is 5.82 Å². The summed E-state index contributed by atoms with van der Waals surface area (Å²) in [5, 5.41) is 11.0. The lowest BCUT2D eigenvalue weighted by atomic mass is 10.2. The summed E-state index contributed by atoms with van der Waals surface area (Å²) in [4.78, 5) is 14.5. The summed E-state index contributed by atoms with van der Waals surface area (Å²) in [5.74, 6) is 0.729. The molecule has 1 amide bonds. The van der Waals surface area contributed by atoms with Crippen LogP contribution in [0.5, 0.6) is 0 Å². The van der Waals surface area contributed by atoms with Gasteiger partial charge in [0.25, 0.3) is 0 Å². The Hall–Kier alpha value is -2.09. The molecule has 0 unspecified atom stereocenters. The Morgan fingerprint density at radius 3 is 2.96 bits per heavy atom. The Bertz CT molecular complexity index is 801. The predicted molar refractivity (Wildman–Crippen MR) is 89.9 cm³/mol. The molecule has 1 aromatic heterocycles. The van der Waals surface area contributed by atoms with Crippen molar-refractivity contribution < 1.29 is 9.00 Å². The van der Waals surface area contributed by atoms with Crippen LogP contribution in [0.3, 0.4) is 0 Å². The summed E-state index contributed by atoms with van der Waals surface area (Å²) in [6.45, 7) is 2.38. The molecule has 126 valence electrons. The van der Waals surface area contributed by atoms with Crippen molar-refractivity contribution in [1.82, 2.24) is 20.2 Å². The molecule has 2 aliphatic rings. The third-order valence-corrected chi connectivity index (χ3v) is 6.15. The van der Waals surface area contributed by atoms with E-state index >= 15 is 0 Å². The zero-order chi connectivity index (χ0) is 16.7. The van der Waals surface area contributed by atoms with Gasteiger partial charge in [0, 0.05) is 23.0 Å². The van der Waals surface area contributed by atoms with Gasteiger partial charge in [-0.05, 0) is 48.2 Å². The lowest BCUT2D eigenvalue weighted by Gasteiger charge is -2.21. The van der Waals surface area contributed by atoms with Gasteiger partial charge in [-0.1, -0.05) is 18.2 Å². The quantitative estimate of drug-likeness (QED) is 0.814. The van der Waals surface area contributed by atoms with Gasteiger partial charge in [-0.2, -0.15) is 0 Å². The van der Waals surface area contributed by atoms with Crippen LogP contribution in [0.2, 0.25) is 0 Å². The van der Waals surface area contributed by atoms with E-state index in [1.54, 1.807) is 16.5 Å². The van der Waals surface area contributed by atoms with Gasteiger partial charge < -0.3 is 4.90 Å². The van der Waals surface area contributed by atoms with Crippen molar-refractivity contribution in [3.05, 3.63) is 35.7 Å². The molecule has 2 atom stereocenters. The molecule has 7 nitrogen and oxygen atoms in total. The van der Waals surface area contributed by atoms with Gasteiger partial charge in [0.2, 0.25) is 5.91 Å². The Morgan fingerprint density at radius 2 is 2.17 bits per heavy atom. The highest BCUT2D eigenvalue weighted by Gasteiger charge is 2.33. The third-order valence-electron chi connectivity index (χ3n) is 4.62. The number of amides is 1. The molecule has 1 aliphatic heterocycles. The second kappa shape index (κ2) is 6.08. The minimum atomic E-state index is -1.35. The van der Waals surface area contributed by atoms with Crippen molar-refractivity contribution in [2.75, 3.05) is 11.4 Å². The average molecular weight is 345 g/mol. The maximum Gasteiger partial charge on any atom is 0.242 e. The Balaban J connectivity index is 1.47. The number of para-hydroxylation sites is 1. The fraction of sp³-hybridized carbons (Fsp3) is 0.500. The number of aromatic nitrogens is 4. The number of anilines is 1. The molecule has 0 N–H and O–H groups in total. The first-order valence-corrected chi connectivity index (χ1v) is 9.56. The van der Waals surface area contributed by atoms with E-state index in [9.17, 15) is 9.00 Å². The first-order chi connectivity index (χ1) is 11.6. The van der Waals surface area contributed by atoms with Gasteiger partial charge in [0.05, 0.1) is 11.8 Å². The zero-order valence-electron chi connectivity index (χ0n) is 13.5. The Labute approximate surface area is 142 Å². The fourth-order valence-electron chi connectivity index (χ4n) is 3.06. The number of carbonyl (C=O) groups excluding carboxylic acids is 1. The molecule has 0 radical (unpaired) electrons. The van der Waals surface area contributed by atoms with Crippen molar-refractivity contribution >= 4 is 22.4 Å². The summed E-state index contributed by atoms with van der Waals surface area (Å²) in [7, 11) is -1.35. The van der Waals surface area contributed by atoms with Crippen molar-refractivity contribution in [3.63, 3.8) is 0 Å². The summed E-state index contributed by atoms with van der Waals surface area (Å²) < 4.78 is 14.4. The molecule has 4 rings (SSSR count). The largest absolute Gasteiger partial charge is 0.311 e. The predicted octanol–water partition coefficient (Wildman–Crippen LogP) is 1.23. The lowest BCUT2D eigenvalue weighted by Crippen LogP contribution is -2.39. The van der Waals surface area contributed by atoms with E-state index in [-0.39, 0.29) is 11.7 Å². The van der Waals surface area contributed by atoms with Crippen LogP contribution in [0.15, 0.2) is 24.3 Å². The maximum absolute atomic E-state index is 12.8. The first-order valence-electron chi connectivity index (χ1n) is 8.18. The van der Waals surface area contributed by atoms with E-state index in [0.717, 1.165) is 24.9 Å². The summed E-state index contributed by atoms with van der Waals surface area (Å²) >= 11 is 0. The number of hydrogen-bond acceptors (Lipinski definition) is 5. The van der Waals surface area contributed by atoms with Crippen molar-refractivity contribution in [2.24, 2.45) is 0 Å². The van der Waals surface area contributed by atoms with Crippen LogP contribution in [-0.2, 0) is 27.8 Å². The molecule has 1 aromatic carbocycles. The lowest BCUT2D eigenvalue weighted by molar-refractivity contribution is -0.117. The number of benzene rings is 1. The van der Waals surface area contributed by atoms with Crippen LogP contribution in [0.1, 0.15) is 37.2 Å². The normalized spacial score (nSPS) is 19.1. The van der Waals surface area contributed by atoms with Crippen molar-refractivity contribution in [1.29, 1.82) is 0 Å². The monoisotopic (exact) mass is 345 g/mol. The highest BCUT2D eigenvalue weighted by atomic mass is 32.2. The SMILES string of the molecule is C[C@@H](C(=O)N1CCc2ccccc21)[S@](=O)Cc1nnnn1C1CC1. The molecule has 2 aromatic rings. The molecule has 8 heteroatoms. The second-order valence-corrected chi connectivity index (χ2v) is 8.06. The Kier molecular flexibility index (Phi) is 3.91. The third kappa shape index (κ3) is 2.75. The summed E-state index contributed by atoms with van der Waals surface area (Å²) in [6.07, 6.45) is 2.97. The molecule has 1 fully saturated rings. The van der Waals surface area contributed by atoms with Crippen molar-refractivity contribution in [2.45, 2.75) is 43.2 Å². The van der Waals surface area contributed by atoms with E-state index in [1.807, 2.05) is 24.3 Å². The standard InChI is InChI=1S/C16H19N5O2S/c1-11(16(22)20-9-8-12-4-2-3-5-14(12)20)24(23)10-15-17-18-19-21(15)13-6-7-13/h2-5,11,13H,6-10H2,1H3/t11-,24+/m0/s1. The van der Waals surface area contributed by atoms with E-state index in [0.29, 0.717) is 18.4 Å². The van der Waals surface area contributed by atoms with Crippen LogP contribution >= 0.6 is 0 Å². The molecular weight excluding hydrogens is 326 g/mol. The van der Waals surface area contributed by atoms with E-state index in [1.165, 1.54) is 5.56 Å². The fourth-order valence-corrected chi connectivity index (χ4v) is 4.11. The van der Waals surface area contributed by atoms with Crippen LogP contribution in [0.25, 0.3) is 0 Å². The number of tetrazole rings is 1. The summed E-state index contributed by atoms with van der Waals surface area (Å²) in [5.41, 5.74) is 2.11. The van der Waals surface area contributed by atoms with Gasteiger partial charge in [-0.25, -0.2) is 4.68 Å². The molecule has 1 saturated carbocycles. The summed E-state index contributed by atoms with van der Waals surface area (Å²) in [6, 6.07) is 8.22. The highest BCUT2D eigenvalue weighted by Crippen LogP contribution is 2.34. The van der Waals surface area contributed by atoms with Crippen LogP contribution in [-0.4, -0.2) is 42.1 Å². The minimum Gasteiger partial charge on any atom is -0.311 e. The number of fused-ring (bicyclic) bond motifs is 1. The highest BCUT2D eigenvalue weighted by molar-refractivity contribution is 7.85. The average Bonchev–Trinajstić information content (AvgIpc) is 3.18. The van der Waals surface area contributed by atoms with Gasteiger partial charge in [-0.15, -0.1) is 5.10 Å². The van der Waals surface area contributed by atoms with E-state index < -0.39 is 16.0 Å². The maximum atomic E-state index is 12.8. The second-order valence-electron chi connectivity index (χ2n) is 6.31. The van der Waals surface area contributed by atoms with E-state index in [2.05, 4.69) is 15.5 Å². The number of nitrogens with zero attached hydrogens (tertiary/aromatic N) is 5. The molecule has 24 heavy (non-hydrogen) atoms. The first kappa shape index (κ1) is 15.4. The zero-order valence-corrected chi connectivity index (χ0v) is 14.3. The number of rotatable bonds is 5.